The molecular weight excluding hydrogens is 278 g/mol. The molecule has 0 amide bonds. The van der Waals surface area contributed by atoms with Gasteiger partial charge in [-0.2, -0.15) is 4.31 Å². The van der Waals surface area contributed by atoms with Crippen LogP contribution in [0.25, 0.3) is 0 Å². The van der Waals surface area contributed by atoms with E-state index < -0.39 is 10.0 Å². The highest BCUT2D eigenvalue weighted by atomic mass is 32.2. The van der Waals surface area contributed by atoms with Crippen LogP contribution in [0.15, 0.2) is 23.1 Å². The van der Waals surface area contributed by atoms with Crippen molar-refractivity contribution in [3.05, 3.63) is 23.8 Å². The molecule has 0 spiro atoms. The third-order valence-electron chi connectivity index (χ3n) is 3.86. The third-order valence-corrected chi connectivity index (χ3v) is 5.72. The first kappa shape index (κ1) is 13.9. The molecule has 0 bridgehead atoms. The maximum absolute atomic E-state index is 12.7. The monoisotopic (exact) mass is 297 g/mol. The van der Waals surface area contributed by atoms with Gasteiger partial charge in [-0.15, -0.1) is 0 Å². The van der Waals surface area contributed by atoms with Gasteiger partial charge in [-0.1, -0.05) is 6.92 Å². The lowest BCUT2D eigenvalue weighted by Gasteiger charge is -2.31. The van der Waals surface area contributed by atoms with E-state index in [0.29, 0.717) is 31.2 Å². The van der Waals surface area contributed by atoms with Crippen LogP contribution in [0.4, 0.5) is 0 Å². The zero-order valence-corrected chi connectivity index (χ0v) is 12.4. The summed E-state index contributed by atoms with van der Waals surface area (Å²) in [4.78, 5) is 0.360. The van der Waals surface area contributed by atoms with Crippen LogP contribution in [0, 0.1) is 0 Å². The fourth-order valence-corrected chi connectivity index (χ4v) is 4.14. The fourth-order valence-electron chi connectivity index (χ4n) is 2.63. The minimum absolute atomic E-state index is 0.00344. The predicted octanol–water partition coefficient (Wildman–Crippen LogP) is 1.42. The number of benzene rings is 1. The number of fused-ring (bicyclic) bond motifs is 1. The van der Waals surface area contributed by atoms with Gasteiger partial charge >= 0.3 is 0 Å². The van der Waals surface area contributed by atoms with Gasteiger partial charge in [-0.05, 0) is 30.2 Å². The minimum Gasteiger partial charge on any atom is -0.493 e. The highest BCUT2D eigenvalue weighted by molar-refractivity contribution is 7.89. The molecule has 0 saturated carbocycles. The lowest BCUT2D eigenvalue weighted by molar-refractivity contribution is -0.00277. The molecule has 1 fully saturated rings. The number of hydrogen-bond acceptors (Lipinski definition) is 4. The van der Waals surface area contributed by atoms with Crippen molar-refractivity contribution in [3.63, 3.8) is 0 Å². The highest BCUT2D eigenvalue weighted by Crippen LogP contribution is 2.29. The second-order valence-electron chi connectivity index (χ2n) is 5.13. The van der Waals surface area contributed by atoms with Crippen molar-refractivity contribution in [2.75, 3.05) is 26.3 Å². The lowest BCUT2D eigenvalue weighted by Crippen LogP contribution is -2.45. The fraction of sp³-hybridized carbons (Fsp3) is 0.571. The van der Waals surface area contributed by atoms with Crippen molar-refractivity contribution in [2.24, 2.45) is 0 Å². The largest absolute Gasteiger partial charge is 0.493 e. The van der Waals surface area contributed by atoms with Crippen LogP contribution in [-0.4, -0.2) is 45.1 Å². The van der Waals surface area contributed by atoms with Crippen LogP contribution in [0.3, 0.4) is 0 Å². The van der Waals surface area contributed by atoms with E-state index in [2.05, 4.69) is 0 Å². The first-order valence-corrected chi connectivity index (χ1v) is 8.42. The van der Waals surface area contributed by atoms with E-state index in [1.165, 1.54) is 4.31 Å². The predicted molar refractivity (Wildman–Crippen MR) is 74.4 cm³/mol. The van der Waals surface area contributed by atoms with E-state index in [1.807, 2.05) is 6.92 Å². The molecule has 0 aliphatic carbocycles. The Kier molecular flexibility index (Phi) is 3.70. The molecule has 2 aliphatic rings. The van der Waals surface area contributed by atoms with E-state index in [0.717, 1.165) is 24.2 Å². The maximum Gasteiger partial charge on any atom is 0.243 e. The normalized spacial score (nSPS) is 23.4. The Morgan fingerprint density at radius 1 is 1.35 bits per heavy atom. The van der Waals surface area contributed by atoms with E-state index in [1.54, 1.807) is 18.2 Å². The molecule has 0 radical (unpaired) electrons. The smallest absolute Gasteiger partial charge is 0.243 e. The summed E-state index contributed by atoms with van der Waals surface area (Å²) in [5.41, 5.74) is 0.978. The van der Waals surface area contributed by atoms with Crippen molar-refractivity contribution >= 4 is 10.0 Å². The number of hydrogen-bond donors (Lipinski definition) is 0. The van der Waals surface area contributed by atoms with Crippen molar-refractivity contribution in [1.82, 2.24) is 4.31 Å². The first-order chi connectivity index (χ1) is 9.61. The molecule has 6 heteroatoms. The molecule has 0 aromatic heterocycles. The van der Waals surface area contributed by atoms with Gasteiger partial charge in [0.2, 0.25) is 10.0 Å². The van der Waals surface area contributed by atoms with Gasteiger partial charge < -0.3 is 9.47 Å². The topological polar surface area (TPSA) is 55.8 Å². The second-order valence-corrected chi connectivity index (χ2v) is 7.07. The van der Waals surface area contributed by atoms with Gasteiger partial charge in [0.15, 0.2) is 0 Å². The Labute approximate surface area is 119 Å². The SMILES string of the molecule is CCC1CN(S(=O)(=O)c2ccc3c(c2)CCO3)CCO1. The molecule has 110 valence electrons. The molecule has 1 aromatic rings. The van der Waals surface area contributed by atoms with Gasteiger partial charge in [-0.25, -0.2) is 8.42 Å². The molecule has 0 N–H and O–H groups in total. The summed E-state index contributed by atoms with van der Waals surface area (Å²) < 4.78 is 37.8. The summed E-state index contributed by atoms with van der Waals surface area (Å²) in [6.45, 7) is 3.96. The maximum atomic E-state index is 12.7. The Balaban J connectivity index is 1.87. The summed E-state index contributed by atoms with van der Waals surface area (Å²) in [6.07, 6.45) is 1.60. The van der Waals surface area contributed by atoms with E-state index in [4.69, 9.17) is 9.47 Å². The van der Waals surface area contributed by atoms with Gasteiger partial charge in [0, 0.05) is 19.5 Å². The van der Waals surface area contributed by atoms with Gasteiger partial charge in [0.05, 0.1) is 24.2 Å². The van der Waals surface area contributed by atoms with Crippen LogP contribution in [0.1, 0.15) is 18.9 Å². The second kappa shape index (κ2) is 5.35. The van der Waals surface area contributed by atoms with Gasteiger partial charge in [0.1, 0.15) is 5.75 Å². The molecule has 3 rings (SSSR count). The van der Waals surface area contributed by atoms with E-state index in [-0.39, 0.29) is 6.10 Å². The van der Waals surface area contributed by atoms with Gasteiger partial charge in [0.25, 0.3) is 0 Å². The lowest BCUT2D eigenvalue weighted by atomic mass is 10.2. The molecule has 1 unspecified atom stereocenters. The molecule has 5 nitrogen and oxygen atoms in total. The van der Waals surface area contributed by atoms with Crippen LogP contribution in [0.2, 0.25) is 0 Å². The summed E-state index contributed by atoms with van der Waals surface area (Å²) in [5, 5.41) is 0. The number of nitrogens with zero attached hydrogens (tertiary/aromatic N) is 1. The Morgan fingerprint density at radius 2 is 2.20 bits per heavy atom. The van der Waals surface area contributed by atoms with Crippen molar-refractivity contribution in [2.45, 2.75) is 30.8 Å². The Morgan fingerprint density at radius 3 is 3.00 bits per heavy atom. The third kappa shape index (κ3) is 2.43. The minimum atomic E-state index is -3.43. The van der Waals surface area contributed by atoms with Crippen molar-refractivity contribution in [1.29, 1.82) is 0 Å². The number of rotatable bonds is 3. The summed E-state index contributed by atoms with van der Waals surface area (Å²) in [7, 11) is -3.43. The number of ether oxygens (including phenoxy) is 2. The van der Waals surface area contributed by atoms with Gasteiger partial charge in [-0.3, -0.25) is 0 Å². The Hall–Kier alpha value is -1.11. The quantitative estimate of drug-likeness (QED) is 0.847. The zero-order valence-electron chi connectivity index (χ0n) is 11.5. The summed E-state index contributed by atoms with van der Waals surface area (Å²) in [5.74, 6) is 0.803. The first-order valence-electron chi connectivity index (χ1n) is 6.98. The summed E-state index contributed by atoms with van der Waals surface area (Å²) in [6, 6.07) is 5.14. The van der Waals surface area contributed by atoms with E-state index >= 15 is 0 Å². The molecule has 2 aliphatic heterocycles. The van der Waals surface area contributed by atoms with Crippen LogP contribution < -0.4 is 4.74 Å². The molecule has 2 heterocycles. The van der Waals surface area contributed by atoms with E-state index in [9.17, 15) is 8.42 Å². The number of sulfonamides is 1. The van der Waals surface area contributed by atoms with Crippen molar-refractivity contribution < 1.29 is 17.9 Å². The average Bonchev–Trinajstić information content (AvgIpc) is 2.94. The van der Waals surface area contributed by atoms with Crippen LogP contribution in [0.5, 0.6) is 5.75 Å². The average molecular weight is 297 g/mol. The van der Waals surface area contributed by atoms with Crippen LogP contribution >= 0.6 is 0 Å². The number of morpholine rings is 1. The zero-order chi connectivity index (χ0) is 14.2. The summed E-state index contributed by atoms with van der Waals surface area (Å²) >= 11 is 0. The molecular formula is C14H19NO4S. The molecule has 20 heavy (non-hydrogen) atoms. The van der Waals surface area contributed by atoms with Crippen LogP contribution in [-0.2, 0) is 21.2 Å². The van der Waals surface area contributed by atoms with Crippen molar-refractivity contribution in [3.8, 4) is 5.75 Å². The Bertz CT molecular complexity index is 599. The highest BCUT2D eigenvalue weighted by Gasteiger charge is 2.30. The molecule has 1 saturated heterocycles. The standard InChI is InChI=1S/C14H19NO4S/c1-2-12-10-15(6-8-18-12)20(16,17)13-3-4-14-11(9-13)5-7-19-14/h3-4,9,12H,2,5-8,10H2,1H3. The molecule has 1 aromatic carbocycles. The molecule has 1 atom stereocenters.